The Labute approximate surface area is 110 Å². The summed E-state index contributed by atoms with van der Waals surface area (Å²) in [6.07, 6.45) is 6.41. The lowest BCUT2D eigenvalue weighted by molar-refractivity contribution is -0.150. The predicted molar refractivity (Wildman–Crippen MR) is 70.2 cm³/mol. The average molecular weight is 254 g/mol. The first-order chi connectivity index (χ1) is 8.57. The molecule has 0 aromatic carbocycles. The van der Waals surface area contributed by atoms with E-state index >= 15 is 0 Å². The number of esters is 1. The van der Waals surface area contributed by atoms with E-state index in [0.29, 0.717) is 18.9 Å². The highest BCUT2D eigenvalue weighted by Gasteiger charge is 2.45. The van der Waals surface area contributed by atoms with Gasteiger partial charge in [-0.1, -0.05) is 13.8 Å². The van der Waals surface area contributed by atoms with E-state index in [0.717, 1.165) is 24.7 Å². The molecule has 0 amide bonds. The fraction of sp³-hybridized carbons (Fsp3) is 0.933. The molecule has 0 spiro atoms. The number of carbonyl (C=O) groups excluding carboxylic acids is 1. The second kappa shape index (κ2) is 5.60. The number of rotatable bonds is 4. The van der Waals surface area contributed by atoms with E-state index in [1.807, 2.05) is 14.0 Å². The lowest BCUT2D eigenvalue weighted by atomic mass is 9.62. The van der Waals surface area contributed by atoms with Crippen LogP contribution in [0.3, 0.4) is 0 Å². The van der Waals surface area contributed by atoms with Crippen molar-refractivity contribution in [3.63, 3.8) is 0 Å². The first kappa shape index (κ1) is 13.9. The summed E-state index contributed by atoms with van der Waals surface area (Å²) in [5.41, 5.74) is 0.0594. The number of methoxy groups -OCH3 is 1. The topological polar surface area (TPSA) is 35.5 Å². The van der Waals surface area contributed by atoms with Crippen LogP contribution < -0.4 is 0 Å². The van der Waals surface area contributed by atoms with Gasteiger partial charge in [0.25, 0.3) is 0 Å². The second-order valence-electron chi connectivity index (χ2n) is 6.34. The quantitative estimate of drug-likeness (QED) is 0.723. The summed E-state index contributed by atoms with van der Waals surface area (Å²) in [4.78, 5) is 11.2. The summed E-state index contributed by atoms with van der Waals surface area (Å²) >= 11 is 0. The van der Waals surface area contributed by atoms with E-state index in [2.05, 4.69) is 6.92 Å². The van der Waals surface area contributed by atoms with E-state index in [1.165, 1.54) is 19.3 Å². The molecule has 18 heavy (non-hydrogen) atoms. The summed E-state index contributed by atoms with van der Waals surface area (Å²) in [7, 11) is 1.84. The van der Waals surface area contributed by atoms with Gasteiger partial charge in [-0.2, -0.15) is 0 Å². The number of fused-ring (bicyclic) bond motifs is 2. The first-order valence-electron chi connectivity index (χ1n) is 7.27. The summed E-state index contributed by atoms with van der Waals surface area (Å²) in [6, 6.07) is 0. The number of hydrogen-bond donors (Lipinski definition) is 0. The molecule has 0 saturated heterocycles. The first-order valence-corrected chi connectivity index (χ1v) is 7.27. The zero-order chi connectivity index (χ0) is 13.2. The van der Waals surface area contributed by atoms with Crippen LogP contribution in [0.1, 0.15) is 52.4 Å². The molecule has 2 rings (SSSR count). The Morgan fingerprint density at radius 1 is 1.28 bits per heavy atom. The Morgan fingerprint density at radius 2 is 2.06 bits per heavy atom. The van der Waals surface area contributed by atoms with Gasteiger partial charge in [-0.25, -0.2) is 0 Å². The van der Waals surface area contributed by atoms with Crippen molar-refractivity contribution in [3.8, 4) is 0 Å². The fourth-order valence-corrected chi connectivity index (χ4v) is 4.10. The molecule has 0 radical (unpaired) electrons. The van der Waals surface area contributed by atoms with Crippen molar-refractivity contribution in [3.05, 3.63) is 0 Å². The van der Waals surface area contributed by atoms with E-state index in [-0.39, 0.29) is 11.6 Å². The minimum absolute atomic E-state index is 0.0594. The Morgan fingerprint density at radius 3 is 2.72 bits per heavy atom. The van der Waals surface area contributed by atoms with E-state index in [9.17, 15) is 4.79 Å². The van der Waals surface area contributed by atoms with Crippen LogP contribution in [0.25, 0.3) is 0 Å². The van der Waals surface area contributed by atoms with Gasteiger partial charge in [-0.15, -0.1) is 0 Å². The molecule has 104 valence electrons. The molecule has 2 saturated carbocycles. The zero-order valence-electron chi connectivity index (χ0n) is 11.9. The van der Waals surface area contributed by atoms with Gasteiger partial charge >= 0.3 is 5.97 Å². The maximum absolute atomic E-state index is 11.2. The smallest absolute Gasteiger partial charge is 0.305 e. The van der Waals surface area contributed by atoms with Crippen LogP contribution in [-0.2, 0) is 14.3 Å². The molecule has 0 heterocycles. The maximum atomic E-state index is 11.2. The van der Waals surface area contributed by atoms with E-state index in [1.54, 1.807) is 0 Å². The Balaban J connectivity index is 1.94. The van der Waals surface area contributed by atoms with Crippen LogP contribution >= 0.6 is 0 Å². The molecule has 3 nitrogen and oxygen atoms in total. The van der Waals surface area contributed by atoms with E-state index < -0.39 is 0 Å². The van der Waals surface area contributed by atoms with Gasteiger partial charge in [0.1, 0.15) is 0 Å². The molecular formula is C15H26O3. The third kappa shape index (κ3) is 3.05. The van der Waals surface area contributed by atoms with Crippen LogP contribution in [0.15, 0.2) is 0 Å². The summed E-state index contributed by atoms with van der Waals surface area (Å²) in [5.74, 6) is 1.94. The van der Waals surface area contributed by atoms with Crippen LogP contribution in [0.2, 0.25) is 0 Å². The zero-order valence-corrected chi connectivity index (χ0v) is 11.9. The van der Waals surface area contributed by atoms with Crippen molar-refractivity contribution in [2.75, 3.05) is 13.7 Å². The minimum Gasteiger partial charge on any atom is -0.465 e. The molecule has 0 N–H and O–H groups in total. The van der Waals surface area contributed by atoms with Gasteiger partial charge in [0.2, 0.25) is 0 Å². The van der Waals surface area contributed by atoms with Gasteiger partial charge in [0.15, 0.2) is 0 Å². The molecule has 3 heteroatoms. The van der Waals surface area contributed by atoms with Crippen LogP contribution in [0.5, 0.6) is 0 Å². The fourth-order valence-electron chi connectivity index (χ4n) is 4.10. The maximum Gasteiger partial charge on any atom is 0.305 e. The molecule has 2 aliphatic carbocycles. The highest BCUT2D eigenvalue weighted by Crippen LogP contribution is 2.49. The minimum atomic E-state index is -0.0782. The second-order valence-corrected chi connectivity index (χ2v) is 6.34. The molecular weight excluding hydrogens is 228 g/mol. The van der Waals surface area contributed by atoms with Gasteiger partial charge in [0, 0.05) is 13.5 Å². The lowest BCUT2D eigenvalue weighted by Gasteiger charge is -2.49. The summed E-state index contributed by atoms with van der Waals surface area (Å²) < 4.78 is 11.2. The number of carbonyl (C=O) groups is 1. The van der Waals surface area contributed by atoms with Crippen molar-refractivity contribution in [2.24, 2.45) is 17.8 Å². The van der Waals surface area contributed by atoms with Crippen LogP contribution in [0, 0.1) is 17.8 Å². The third-order valence-corrected chi connectivity index (χ3v) is 4.65. The molecule has 4 atom stereocenters. The Bertz CT molecular complexity index is 298. The van der Waals surface area contributed by atoms with Gasteiger partial charge in [-0.3, -0.25) is 4.79 Å². The van der Waals surface area contributed by atoms with Crippen molar-refractivity contribution in [2.45, 2.75) is 58.0 Å². The summed E-state index contributed by atoms with van der Waals surface area (Å²) in [6.45, 7) is 4.76. The van der Waals surface area contributed by atoms with Crippen molar-refractivity contribution in [1.29, 1.82) is 0 Å². The Kier molecular flexibility index (Phi) is 4.31. The molecule has 0 aliphatic heterocycles. The normalized spacial score (nSPS) is 39.4. The van der Waals surface area contributed by atoms with Gasteiger partial charge < -0.3 is 9.47 Å². The predicted octanol–water partition coefficient (Wildman–Crippen LogP) is 3.17. The standard InChI is InChI=1S/C15H26O3/c1-4-14(16)18-10-13-6-12-5-11(2)7-15(8-12,9-13)17-3/h11-13H,4-10H2,1-3H3. The molecule has 0 aromatic rings. The molecule has 0 aromatic heterocycles. The Hall–Kier alpha value is -0.570. The third-order valence-electron chi connectivity index (χ3n) is 4.65. The van der Waals surface area contributed by atoms with Gasteiger partial charge in [-0.05, 0) is 49.9 Å². The highest BCUT2D eigenvalue weighted by molar-refractivity contribution is 5.68. The largest absolute Gasteiger partial charge is 0.465 e. The molecule has 2 bridgehead atoms. The number of ether oxygens (including phenoxy) is 2. The van der Waals surface area contributed by atoms with Crippen LogP contribution in [-0.4, -0.2) is 25.3 Å². The van der Waals surface area contributed by atoms with Crippen LogP contribution in [0.4, 0.5) is 0 Å². The van der Waals surface area contributed by atoms with Gasteiger partial charge in [0.05, 0.1) is 12.2 Å². The summed E-state index contributed by atoms with van der Waals surface area (Å²) in [5, 5.41) is 0. The van der Waals surface area contributed by atoms with Crippen molar-refractivity contribution in [1.82, 2.24) is 0 Å². The van der Waals surface area contributed by atoms with Crippen molar-refractivity contribution < 1.29 is 14.3 Å². The highest BCUT2D eigenvalue weighted by atomic mass is 16.5. The van der Waals surface area contributed by atoms with Crippen molar-refractivity contribution >= 4 is 5.97 Å². The SMILES string of the molecule is CCC(=O)OCC1CC2CC(C)CC(OC)(C1)C2. The number of hydrogen-bond acceptors (Lipinski definition) is 3. The monoisotopic (exact) mass is 254 g/mol. The molecule has 2 fully saturated rings. The molecule has 4 unspecified atom stereocenters. The lowest BCUT2D eigenvalue weighted by Crippen LogP contribution is -2.47. The molecule has 2 aliphatic rings. The van der Waals surface area contributed by atoms with E-state index in [4.69, 9.17) is 9.47 Å². The average Bonchev–Trinajstić information content (AvgIpc) is 2.34.